The van der Waals surface area contributed by atoms with Crippen LogP contribution in [0.5, 0.6) is 0 Å². The van der Waals surface area contributed by atoms with Crippen LogP contribution in [0.15, 0.2) is 18.2 Å². The summed E-state index contributed by atoms with van der Waals surface area (Å²) in [5.74, 6) is -1.04. The van der Waals surface area contributed by atoms with Gasteiger partial charge < -0.3 is 10.6 Å². The van der Waals surface area contributed by atoms with Crippen molar-refractivity contribution in [3.63, 3.8) is 0 Å². The monoisotopic (exact) mass is 366 g/mol. The second kappa shape index (κ2) is 6.93. The molecule has 0 aromatic heterocycles. The molecule has 1 rings (SSSR count). The molecule has 2 N–H and O–H groups in total. The van der Waals surface area contributed by atoms with Crippen molar-refractivity contribution in [2.24, 2.45) is 0 Å². The highest BCUT2D eigenvalue weighted by Crippen LogP contribution is 2.36. The number of carbonyl (C=O) groups is 2. The highest BCUT2D eigenvalue weighted by Gasteiger charge is 2.34. The summed E-state index contributed by atoms with van der Waals surface area (Å²) in [5, 5.41) is 4.50. The molecule has 0 aliphatic carbocycles. The number of carbonyl (C=O) groups excluding carboxylic acids is 2. The van der Waals surface area contributed by atoms with Gasteiger partial charge in [-0.15, -0.1) is 0 Å². The summed E-state index contributed by atoms with van der Waals surface area (Å²) in [7, 11) is 0. The Hall–Kier alpha value is -1.57. The number of amides is 2. The molecule has 0 fully saturated rings. The Morgan fingerprint density at radius 2 is 1.90 bits per heavy atom. The Balaban J connectivity index is 3.14. The summed E-state index contributed by atoms with van der Waals surface area (Å²) in [6.45, 7) is 2.92. The minimum atomic E-state index is -4.65. The van der Waals surface area contributed by atoms with E-state index >= 15 is 0 Å². The lowest BCUT2D eigenvalue weighted by Gasteiger charge is -2.16. The van der Waals surface area contributed by atoms with Gasteiger partial charge in [0.15, 0.2) is 0 Å². The Morgan fingerprint density at radius 3 is 2.38 bits per heavy atom. The molecule has 0 aliphatic rings. The van der Waals surface area contributed by atoms with E-state index in [0.717, 1.165) is 12.1 Å². The molecular weight excluding hydrogens is 353 g/mol. The second-order valence-electron chi connectivity index (χ2n) is 4.30. The van der Waals surface area contributed by atoms with Gasteiger partial charge in [-0.05, 0) is 24.6 Å². The maximum Gasteiger partial charge on any atom is 0.418 e. The van der Waals surface area contributed by atoms with Crippen molar-refractivity contribution in [1.82, 2.24) is 0 Å². The Morgan fingerprint density at radius 1 is 1.29 bits per heavy atom. The molecule has 0 saturated carbocycles. The molecule has 116 valence electrons. The number of benzene rings is 1. The van der Waals surface area contributed by atoms with Gasteiger partial charge in [-0.1, -0.05) is 22.9 Å². The highest BCUT2D eigenvalue weighted by molar-refractivity contribution is 9.10. The second-order valence-corrected chi connectivity index (χ2v) is 5.41. The predicted molar refractivity (Wildman–Crippen MR) is 77.4 cm³/mol. The molecule has 0 aliphatic heterocycles. The summed E-state index contributed by atoms with van der Waals surface area (Å²) >= 11 is 3.07. The van der Waals surface area contributed by atoms with E-state index in [1.54, 1.807) is 6.92 Å². The van der Waals surface area contributed by atoms with Crippen LogP contribution >= 0.6 is 15.9 Å². The Kier molecular flexibility index (Phi) is 5.77. The molecule has 0 bridgehead atoms. The summed E-state index contributed by atoms with van der Waals surface area (Å²) in [6.07, 6.45) is -4.21. The Bertz CT molecular complexity index is 547. The fourth-order valence-corrected chi connectivity index (χ4v) is 1.68. The summed E-state index contributed by atoms with van der Waals surface area (Å²) in [5.41, 5.74) is -1.35. The van der Waals surface area contributed by atoms with Crippen LogP contribution in [0.2, 0.25) is 0 Å². The van der Waals surface area contributed by atoms with Gasteiger partial charge in [0.25, 0.3) is 0 Å². The molecule has 0 saturated heterocycles. The normalized spacial score (nSPS) is 12.7. The summed E-state index contributed by atoms with van der Waals surface area (Å²) < 4.78 is 39.1. The van der Waals surface area contributed by atoms with Crippen molar-refractivity contribution < 1.29 is 22.8 Å². The molecule has 0 heterocycles. The third kappa shape index (κ3) is 5.04. The van der Waals surface area contributed by atoms with Gasteiger partial charge >= 0.3 is 6.18 Å². The summed E-state index contributed by atoms with van der Waals surface area (Å²) in [4.78, 5) is 22.0. The number of hydrogen-bond donors (Lipinski definition) is 2. The standard InChI is InChI=1S/C13H14BrF3N2O2/c1-3-10(14)12(21)19-11-5-4-8(18-7(2)20)6-9(11)13(15,16)17/h4-6,10H,3H2,1-2H3,(H,18,20)(H,19,21). The van der Waals surface area contributed by atoms with E-state index in [1.165, 1.54) is 13.0 Å². The highest BCUT2D eigenvalue weighted by atomic mass is 79.9. The quantitative estimate of drug-likeness (QED) is 0.796. The van der Waals surface area contributed by atoms with Crippen LogP contribution in [0.1, 0.15) is 25.8 Å². The molecule has 2 amide bonds. The van der Waals surface area contributed by atoms with Gasteiger partial charge in [0.1, 0.15) is 0 Å². The van der Waals surface area contributed by atoms with Gasteiger partial charge in [0.2, 0.25) is 11.8 Å². The molecule has 21 heavy (non-hydrogen) atoms. The van der Waals surface area contributed by atoms with Crippen molar-refractivity contribution in [3.05, 3.63) is 23.8 Å². The number of anilines is 2. The fraction of sp³-hybridized carbons (Fsp3) is 0.385. The lowest BCUT2D eigenvalue weighted by atomic mass is 10.1. The molecule has 0 radical (unpaired) electrons. The number of hydrogen-bond acceptors (Lipinski definition) is 2. The maximum absolute atomic E-state index is 13.0. The maximum atomic E-state index is 13.0. The predicted octanol–water partition coefficient (Wildman–Crippen LogP) is 3.78. The van der Waals surface area contributed by atoms with Crippen LogP contribution in [-0.2, 0) is 15.8 Å². The van der Waals surface area contributed by atoms with E-state index in [0.29, 0.717) is 6.42 Å². The van der Waals surface area contributed by atoms with Crippen molar-refractivity contribution in [1.29, 1.82) is 0 Å². The molecule has 1 aromatic carbocycles. The zero-order valence-corrected chi connectivity index (χ0v) is 12.9. The first-order valence-corrected chi connectivity index (χ1v) is 7.00. The number of rotatable bonds is 4. The van der Waals surface area contributed by atoms with E-state index in [2.05, 4.69) is 26.6 Å². The largest absolute Gasteiger partial charge is 0.418 e. The minimum absolute atomic E-state index is 0.0127. The van der Waals surface area contributed by atoms with E-state index < -0.39 is 28.4 Å². The van der Waals surface area contributed by atoms with Crippen LogP contribution in [-0.4, -0.2) is 16.6 Å². The van der Waals surface area contributed by atoms with Crippen LogP contribution in [0.3, 0.4) is 0 Å². The average Bonchev–Trinajstić information content (AvgIpc) is 2.37. The zero-order chi connectivity index (χ0) is 16.2. The van der Waals surface area contributed by atoms with E-state index in [1.807, 2.05) is 0 Å². The molecule has 4 nitrogen and oxygen atoms in total. The first kappa shape index (κ1) is 17.5. The molecule has 1 unspecified atom stereocenters. The average molecular weight is 367 g/mol. The van der Waals surface area contributed by atoms with E-state index in [-0.39, 0.29) is 11.4 Å². The fourth-order valence-electron chi connectivity index (χ4n) is 1.57. The van der Waals surface area contributed by atoms with Crippen LogP contribution in [0, 0.1) is 0 Å². The van der Waals surface area contributed by atoms with Gasteiger partial charge in [-0.3, -0.25) is 9.59 Å². The van der Waals surface area contributed by atoms with E-state index in [9.17, 15) is 22.8 Å². The minimum Gasteiger partial charge on any atom is -0.326 e. The Labute approximate surface area is 128 Å². The number of halogens is 4. The van der Waals surface area contributed by atoms with Crippen molar-refractivity contribution in [2.75, 3.05) is 10.6 Å². The summed E-state index contributed by atoms with van der Waals surface area (Å²) in [6, 6.07) is 3.19. The topological polar surface area (TPSA) is 58.2 Å². The molecule has 1 aromatic rings. The smallest absolute Gasteiger partial charge is 0.326 e. The van der Waals surface area contributed by atoms with Crippen molar-refractivity contribution in [2.45, 2.75) is 31.3 Å². The first-order valence-electron chi connectivity index (χ1n) is 6.09. The molecular formula is C13H14BrF3N2O2. The lowest BCUT2D eigenvalue weighted by molar-refractivity contribution is -0.137. The molecule has 8 heteroatoms. The van der Waals surface area contributed by atoms with Crippen LogP contribution in [0.4, 0.5) is 24.5 Å². The van der Waals surface area contributed by atoms with Crippen molar-refractivity contribution in [3.8, 4) is 0 Å². The van der Waals surface area contributed by atoms with E-state index in [4.69, 9.17) is 0 Å². The molecule has 1 atom stereocenters. The third-order valence-electron chi connectivity index (χ3n) is 2.55. The van der Waals surface area contributed by atoms with Crippen molar-refractivity contribution >= 4 is 39.1 Å². The molecule has 0 spiro atoms. The third-order valence-corrected chi connectivity index (χ3v) is 3.61. The SMILES string of the molecule is CCC(Br)C(=O)Nc1ccc(NC(C)=O)cc1C(F)(F)F. The van der Waals surface area contributed by atoms with Crippen LogP contribution < -0.4 is 10.6 Å². The zero-order valence-electron chi connectivity index (χ0n) is 11.3. The lowest BCUT2D eigenvalue weighted by Crippen LogP contribution is -2.24. The first-order chi connectivity index (χ1) is 9.65. The number of alkyl halides is 4. The van der Waals surface area contributed by atoms with Gasteiger partial charge in [-0.2, -0.15) is 13.2 Å². The van der Waals surface area contributed by atoms with Gasteiger partial charge in [-0.25, -0.2) is 0 Å². The number of nitrogens with one attached hydrogen (secondary N) is 2. The van der Waals surface area contributed by atoms with Gasteiger partial charge in [0, 0.05) is 12.6 Å². The van der Waals surface area contributed by atoms with Gasteiger partial charge in [0.05, 0.1) is 16.1 Å². The van der Waals surface area contributed by atoms with Crippen LogP contribution in [0.25, 0.3) is 0 Å².